The van der Waals surface area contributed by atoms with Gasteiger partial charge in [0.15, 0.2) is 9.84 Å². The van der Waals surface area contributed by atoms with Crippen molar-refractivity contribution in [1.29, 1.82) is 0 Å². The van der Waals surface area contributed by atoms with Crippen LogP contribution in [0, 0.1) is 0 Å². The van der Waals surface area contributed by atoms with E-state index in [-0.39, 0.29) is 29.1 Å². The Kier molecular flexibility index (Phi) is 5.74. The van der Waals surface area contributed by atoms with E-state index in [0.29, 0.717) is 18.8 Å². The van der Waals surface area contributed by atoms with Crippen LogP contribution in [0.2, 0.25) is 0 Å². The first-order chi connectivity index (χ1) is 12.9. The van der Waals surface area contributed by atoms with Crippen molar-refractivity contribution in [2.75, 3.05) is 28.3 Å². The van der Waals surface area contributed by atoms with Crippen molar-refractivity contribution < 1.29 is 13.2 Å². The van der Waals surface area contributed by atoms with E-state index in [9.17, 15) is 13.2 Å². The third-order valence-corrected chi connectivity index (χ3v) is 6.57. The van der Waals surface area contributed by atoms with Gasteiger partial charge in [-0.25, -0.2) is 18.4 Å². The molecule has 3 rings (SSSR count). The predicted molar refractivity (Wildman–Crippen MR) is 106 cm³/mol. The minimum absolute atomic E-state index is 0.119. The number of anilines is 2. The highest BCUT2D eigenvalue weighted by Gasteiger charge is 2.32. The molecular formula is C19H24N4O3S. The highest BCUT2D eigenvalue weighted by molar-refractivity contribution is 7.91. The normalized spacial score (nSPS) is 18.2. The summed E-state index contributed by atoms with van der Waals surface area (Å²) < 4.78 is 23.6. The summed E-state index contributed by atoms with van der Waals surface area (Å²) >= 11 is 0. The fraction of sp³-hybridized carbons (Fsp3) is 0.421. The Bertz CT molecular complexity index is 930. The third kappa shape index (κ3) is 4.44. The molecule has 1 aromatic carbocycles. The number of hydrogen-bond donors (Lipinski definition) is 1. The predicted octanol–water partition coefficient (Wildman–Crippen LogP) is 2.30. The molecule has 1 saturated heterocycles. The highest BCUT2D eigenvalue weighted by atomic mass is 32.2. The number of amides is 1. The first-order valence-electron chi connectivity index (χ1n) is 9.12. The van der Waals surface area contributed by atoms with E-state index in [1.54, 1.807) is 6.07 Å². The molecule has 0 spiro atoms. The van der Waals surface area contributed by atoms with Crippen molar-refractivity contribution in [3.8, 4) is 0 Å². The molecule has 7 nitrogen and oxygen atoms in total. The third-order valence-electron chi connectivity index (χ3n) is 4.82. The number of hydrogen-bond acceptors (Lipinski definition) is 6. The summed E-state index contributed by atoms with van der Waals surface area (Å²) in [6.45, 7) is 4.59. The summed E-state index contributed by atoms with van der Waals surface area (Å²) in [5, 5.41) is 2.90. The van der Waals surface area contributed by atoms with Gasteiger partial charge in [-0.2, -0.15) is 0 Å². The number of rotatable bonds is 6. The van der Waals surface area contributed by atoms with Crippen LogP contribution in [-0.2, 0) is 16.3 Å². The van der Waals surface area contributed by atoms with Crippen molar-refractivity contribution in [3.63, 3.8) is 0 Å². The molecule has 0 saturated carbocycles. The first-order valence-corrected chi connectivity index (χ1v) is 10.9. The fourth-order valence-electron chi connectivity index (χ4n) is 3.39. The molecule has 0 radical (unpaired) electrons. The summed E-state index contributed by atoms with van der Waals surface area (Å²) in [6, 6.07) is 9.15. The molecule has 0 bridgehead atoms. The average molecular weight is 388 g/mol. The number of aryl methyl sites for hydroxylation is 1. The van der Waals surface area contributed by atoms with Crippen molar-refractivity contribution in [3.05, 3.63) is 47.9 Å². The second kappa shape index (κ2) is 8.04. The maximum atomic E-state index is 12.7. The lowest BCUT2D eigenvalue weighted by Gasteiger charge is -2.27. The van der Waals surface area contributed by atoms with Crippen LogP contribution in [0.4, 0.5) is 11.5 Å². The molecule has 27 heavy (non-hydrogen) atoms. The second-order valence-electron chi connectivity index (χ2n) is 6.57. The van der Waals surface area contributed by atoms with Gasteiger partial charge in [0.05, 0.1) is 11.5 Å². The number of nitrogens with zero attached hydrogens (tertiary/aromatic N) is 3. The summed E-state index contributed by atoms with van der Waals surface area (Å²) in [4.78, 5) is 22.9. The maximum Gasteiger partial charge on any atom is 0.274 e. The van der Waals surface area contributed by atoms with Gasteiger partial charge in [0, 0.05) is 24.3 Å². The molecule has 1 unspecified atom stereocenters. The Morgan fingerprint density at radius 2 is 2.04 bits per heavy atom. The van der Waals surface area contributed by atoms with Crippen molar-refractivity contribution in [2.45, 2.75) is 32.7 Å². The van der Waals surface area contributed by atoms with E-state index < -0.39 is 9.84 Å². The van der Waals surface area contributed by atoms with Gasteiger partial charge in [0.1, 0.15) is 17.8 Å². The zero-order valence-corrected chi connectivity index (χ0v) is 16.4. The van der Waals surface area contributed by atoms with Gasteiger partial charge in [-0.3, -0.25) is 4.79 Å². The van der Waals surface area contributed by atoms with Crippen molar-refractivity contribution in [2.24, 2.45) is 0 Å². The molecule has 1 aliphatic heterocycles. The zero-order valence-electron chi connectivity index (χ0n) is 15.6. The van der Waals surface area contributed by atoms with Crippen LogP contribution < -0.4 is 10.2 Å². The smallest absolute Gasteiger partial charge is 0.274 e. The lowest BCUT2D eigenvalue weighted by atomic mass is 10.1. The number of nitrogens with one attached hydrogen (secondary N) is 1. The summed E-state index contributed by atoms with van der Waals surface area (Å²) in [6.07, 6.45) is 2.74. The molecule has 0 aliphatic carbocycles. The standard InChI is InChI=1S/C19H24N4O3S/c1-3-14-7-5-6-8-16(14)22-19(24)17-11-18(21-13-20-17)23(4-2)15-9-10-27(25,26)12-15/h5-8,11,13,15H,3-4,9-10,12H2,1-2H3,(H,22,24). The fourth-order valence-corrected chi connectivity index (χ4v) is 5.12. The maximum absolute atomic E-state index is 12.7. The summed E-state index contributed by atoms with van der Waals surface area (Å²) in [5.41, 5.74) is 2.07. The second-order valence-corrected chi connectivity index (χ2v) is 8.80. The van der Waals surface area contributed by atoms with Crippen LogP contribution in [0.25, 0.3) is 0 Å². The van der Waals surface area contributed by atoms with Crippen LogP contribution in [0.5, 0.6) is 0 Å². The Hall–Kier alpha value is -2.48. The molecule has 144 valence electrons. The average Bonchev–Trinajstić information content (AvgIpc) is 3.02. The number of sulfone groups is 1. The number of para-hydroxylation sites is 1. The Morgan fingerprint density at radius 1 is 1.26 bits per heavy atom. The van der Waals surface area contributed by atoms with E-state index in [1.165, 1.54) is 6.33 Å². The molecule has 1 N–H and O–H groups in total. The molecule has 8 heteroatoms. The quantitative estimate of drug-likeness (QED) is 0.816. The van der Waals surface area contributed by atoms with E-state index in [4.69, 9.17) is 0 Å². The van der Waals surface area contributed by atoms with Crippen molar-refractivity contribution >= 4 is 27.2 Å². The van der Waals surface area contributed by atoms with Crippen LogP contribution in [0.3, 0.4) is 0 Å². The monoisotopic (exact) mass is 388 g/mol. The molecule has 1 aromatic heterocycles. The van der Waals surface area contributed by atoms with E-state index in [2.05, 4.69) is 15.3 Å². The number of carbonyl (C=O) groups excluding carboxylic acids is 1. The minimum atomic E-state index is -3.00. The van der Waals surface area contributed by atoms with Gasteiger partial charge in [0.25, 0.3) is 5.91 Å². The van der Waals surface area contributed by atoms with Gasteiger partial charge in [-0.15, -0.1) is 0 Å². The van der Waals surface area contributed by atoms with Gasteiger partial charge in [0.2, 0.25) is 0 Å². The number of aromatic nitrogens is 2. The summed E-state index contributed by atoms with van der Waals surface area (Å²) in [5.74, 6) is 0.578. The molecule has 1 aliphatic rings. The topological polar surface area (TPSA) is 92.3 Å². The molecule has 2 heterocycles. The lowest BCUT2D eigenvalue weighted by molar-refractivity contribution is 0.102. The molecule has 1 amide bonds. The van der Waals surface area contributed by atoms with Gasteiger partial charge in [-0.1, -0.05) is 25.1 Å². The van der Waals surface area contributed by atoms with Crippen LogP contribution in [0.1, 0.15) is 36.3 Å². The highest BCUT2D eigenvalue weighted by Crippen LogP contribution is 2.23. The van der Waals surface area contributed by atoms with Gasteiger partial charge in [-0.05, 0) is 31.4 Å². The molecule has 1 atom stereocenters. The lowest BCUT2D eigenvalue weighted by Crippen LogP contribution is -2.37. The Balaban J connectivity index is 1.81. The minimum Gasteiger partial charge on any atom is -0.353 e. The van der Waals surface area contributed by atoms with Crippen LogP contribution in [-0.4, -0.2) is 48.4 Å². The molecule has 2 aromatic rings. The van der Waals surface area contributed by atoms with Crippen LogP contribution >= 0.6 is 0 Å². The van der Waals surface area contributed by atoms with Crippen LogP contribution in [0.15, 0.2) is 36.7 Å². The molecule has 1 fully saturated rings. The van der Waals surface area contributed by atoms with Gasteiger partial charge >= 0.3 is 0 Å². The van der Waals surface area contributed by atoms with E-state index in [0.717, 1.165) is 17.7 Å². The van der Waals surface area contributed by atoms with E-state index >= 15 is 0 Å². The Morgan fingerprint density at radius 3 is 2.70 bits per heavy atom. The summed E-state index contributed by atoms with van der Waals surface area (Å²) in [7, 11) is -3.00. The number of benzene rings is 1. The van der Waals surface area contributed by atoms with E-state index in [1.807, 2.05) is 43.0 Å². The zero-order chi connectivity index (χ0) is 19.4. The first kappa shape index (κ1) is 19.3. The Labute approximate surface area is 159 Å². The van der Waals surface area contributed by atoms with Crippen molar-refractivity contribution in [1.82, 2.24) is 9.97 Å². The molecular weight excluding hydrogens is 364 g/mol. The largest absolute Gasteiger partial charge is 0.353 e. The number of carbonyl (C=O) groups is 1. The van der Waals surface area contributed by atoms with Gasteiger partial charge < -0.3 is 10.2 Å². The SMILES string of the molecule is CCc1ccccc1NC(=O)c1cc(N(CC)C2CCS(=O)(=O)C2)ncn1.